The largest absolute Gasteiger partial charge is 0.496 e. The second-order valence-corrected chi connectivity index (χ2v) is 7.62. The Labute approximate surface area is 138 Å². The van der Waals surface area contributed by atoms with Crippen LogP contribution in [0.25, 0.3) is 0 Å². The minimum Gasteiger partial charge on any atom is -0.496 e. The molecule has 0 spiro atoms. The SMILES string of the molecule is COc1ccccc1CN(CCCO)S(=O)(=O)N1CCCCC1. The molecule has 0 radical (unpaired) electrons. The molecule has 1 aliphatic heterocycles. The molecule has 7 heteroatoms. The predicted molar refractivity (Wildman–Crippen MR) is 89.5 cm³/mol. The number of hydrogen-bond acceptors (Lipinski definition) is 4. The summed E-state index contributed by atoms with van der Waals surface area (Å²) in [5.41, 5.74) is 0.827. The van der Waals surface area contributed by atoms with E-state index < -0.39 is 10.2 Å². The lowest BCUT2D eigenvalue weighted by molar-refractivity contribution is 0.254. The molecule has 0 amide bonds. The van der Waals surface area contributed by atoms with Crippen LogP contribution in [0, 0.1) is 0 Å². The van der Waals surface area contributed by atoms with Crippen molar-refractivity contribution < 1.29 is 18.3 Å². The summed E-state index contributed by atoms with van der Waals surface area (Å²) in [6.45, 7) is 1.67. The number of aliphatic hydroxyl groups is 1. The third-order valence-electron chi connectivity index (χ3n) is 4.07. The number of benzene rings is 1. The molecule has 0 atom stereocenters. The number of piperidine rings is 1. The molecule has 130 valence electrons. The zero-order valence-corrected chi connectivity index (χ0v) is 14.5. The van der Waals surface area contributed by atoms with Gasteiger partial charge in [0, 0.05) is 38.3 Å². The normalized spacial score (nSPS) is 16.7. The Bertz CT molecular complexity index is 585. The minimum atomic E-state index is -3.52. The Morgan fingerprint density at radius 1 is 1.22 bits per heavy atom. The van der Waals surface area contributed by atoms with E-state index in [9.17, 15) is 8.42 Å². The molecule has 1 fully saturated rings. The van der Waals surface area contributed by atoms with Crippen molar-refractivity contribution in [1.29, 1.82) is 0 Å². The van der Waals surface area contributed by atoms with Crippen molar-refractivity contribution in [3.8, 4) is 5.75 Å². The van der Waals surface area contributed by atoms with Gasteiger partial charge in [0.05, 0.1) is 7.11 Å². The highest BCUT2D eigenvalue weighted by Crippen LogP contribution is 2.23. The molecular weight excluding hydrogens is 316 g/mol. The molecule has 0 unspecified atom stereocenters. The van der Waals surface area contributed by atoms with E-state index in [1.54, 1.807) is 11.4 Å². The first-order valence-electron chi connectivity index (χ1n) is 8.07. The summed E-state index contributed by atoms with van der Waals surface area (Å²) in [6.07, 6.45) is 3.31. The van der Waals surface area contributed by atoms with Gasteiger partial charge in [-0.2, -0.15) is 17.0 Å². The average Bonchev–Trinajstić information content (AvgIpc) is 2.59. The van der Waals surface area contributed by atoms with Crippen LogP contribution in [0.1, 0.15) is 31.2 Å². The fourth-order valence-electron chi connectivity index (χ4n) is 2.81. The van der Waals surface area contributed by atoms with Gasteiger partial charge < -0.3 is 9.84 Å². The summed E-state index contributed by atoms with van der Waals surface area (Å²) in [7, 11) is -1.94. The third kappa shape index (κ3) is 4.67. The zero-order valence-electron chi connectivity index (χ0n) is 13.6. The summed E-state index contributed by atoms with van der Waals surface area (Å²) in [5.74, 6) is 0.676. The molecule has 1 heterocycles. The standard InChI is InChI=1S/C16H26N2O4S/c1-22-16-9-4-3-8-15(16)14-18(12-7-13-19)23(20,21)17-10-5-2-6-11-17/h3-4,8-9,19H,2,5-7,10-14H2,1H3. The quantitative estimate of drug-likeness (QED) is 0.779. The second-order valence-electron chi connectivity index (χ2n) is 5.69. The number of ether oxygens (including phenoxy) is 1. The first-order chi connectivity index (χ1) is 11.1. The van der Waals surface area contributed by atoms with Crippen LogP contribution in [-0.2, 0) is 16.8 Å². The van der Waals surface area contributed by atoms with E-state index in [1.165, 1.54) is 4.31 Å². The van der Waals surface area contributed by atoms with Crippen molar-refractivity contribution in [2.24, 2.45) is 0 Å². The maximum absolute atomic E-state index is 12.9. The van der Waals surface area contributed by atoms with E-state index in [-0.39, 0.29) is 13.2 Å². The molecular formula is C16H26N2O4S. The Morgan fingerprint density at radius 2 is 1.91 bits per heavy atom. The summed E-state index contributed by atoms with van der Waals surface area (Å²) < 4.78 is 34.2. The van der Waals surface area contributed by atoms with Crippen molar-refractivity contribution >= 4 is 10.2 Å². The minimum absolute atomic E-state index is 0.0298. The number of para-hydroxylation sites is 1. The first kappa shape index (κ1) is 18.2. The van der Waals surface area contributed by atoms with Gasteiger partial charge in [0.2, 0.25) is 0 Å². The van der Waals surface area contributed by atoms with Gasteiger partial charge in [-0.05, 0) is 25.3 Å². The highest BCUT2D eigenvalue weighted by Gasteiger charge is 2.30. The summed E-state index contributed by atoms with van der Waals surface area (Å²) in [5, 5.41) is 9.10. The monoisotopic (exact) mass is 342 g/mol. The zero-order chi connectivity index (χ0) is 16.7. The van der Waals surface area contributed by atoms with E-state index in [0.717, 1.165) is 24.8 Å². The number of rotatable bonds is 8. The van der Waals surface area contributed by atoms with Crippen molar-refractivity contribution in [2.75, 3.05) is 33.4 Å². The Balaban J connectivity index is 2.21. The van der Waals surface area contributed by atoms with E-state index >= 15 is 0 Å². The maximum Gasteiger partial charge on any atom is 0.282 e. The molecule has 1 aromatic rings. The lowest BCUT2D eigenvalue weighted by Crippen LogP contribution is -2.46. The molecule has 6 nitrogen and oxygen atoms in total. The smallest absolute Gasteiger partial charge is 0.282 e. The highest BCUT2D eigenvalue weighted by molar-refractivity contribution is 7.86. The second kappa shape index (κ2) is 8.63. The summed E-state index contributed by atoms with van der Waals surface area (Å²) in [4.78, 5) is 0. The molecule has 1 N–H and O–H groups in total. The number of methoxy groups -OCH3 is 1. The van der Waals surface area contributed by atoms with E-state index in [0.29, 0.717) is 31.8 Å². The van der Waals surface area contributed by atoms with Gasteiger partial charge in [-0.25, -0.2) is 0 Å². The van der Waals surface area contributed by atoms with Gasteiger partial charge in [0.15, 0.2) is 0 Å². The van der Waals surface area contributed by atoms with Gasteiger partial charge in [0.25, 0.3) is 10.2 Å². The molecule has 1 aliphatic rings. The Morgan fingerprint density at radius 3 is 2.57 bits per heavy atom. The van der Waals surface area contributed by atoms with Crippen LogP contribution in [0.15, 0.2) is 24.3 Å². The maximum atomic E-state index is 12.9. The van der Waals surface area contributed by atoms with Gasteiger partial charge >= 0.3 is 0 Å². The molecule has 0 aromatic heterocycles. The third-order valence-corrected chi connectivity index (χ3v) is 6.05. The van der Waals surface area contributed by atoms with Crippen LogP contribution in [0.2, 0.25) is 0 Å². The molecule has 2 rings (SSSR count). The average molecular weight is 342 g/mol. The van der Waals surface area contributed by atoms with Crippen LogP contribution in [0.5, 0.6) is 5.75 Å². The van der Waals surface area contributed by atoms with Crippen LogP contribution >= 0.6 is 0 Å². The molecule has 1 saturated heterocycles. The first-order valence-corrected chi connectivity index (χ1v) is 9.47. The summed E-state index contributed by atoms with van der Waals surface area (Å²) >= 11 is 0. The number of aliphatic hydroxyl groups excluding tert-OH is 1. The van der Waals surface area contributed by atoms with Gasteiger partial charge in [-0.15, -0.1) is 0 Å². The molecule has 23 heavy (non-hydrogen) atoms. The van der Waals surface area contributed by atoms with Crippen LogP contribution in [0.3, 0.4) is 0 Å². The van der Waals surface area contributed by atoms with Crippen molar-refractivity contribution in [1.82, 2.24) is 8.61 Å². The van der Waals surface area contributed by atoms with Crippen molar-refractivity contribution in [2.45, 2.75) is 32.2 Å². The highest BCUT2D eigenvalue weighted by atomic mass is 32.2. The van der Waals surface area contributed by atoms with E-state index in [4.69, 9.17) is 9.84 Å². The number of hydrogen-bond donors (Lipinski definition) is 1. The van der Waals surface area contributed by atoms with Crippen LogP contribution < -0.4 is 4.74 Å². The van der Waals surface area contributed by atoms with Crippen LogP contribution in [0.4, 0.5) is 0 Å². The fraction of sp³-hybridized carbons (Fsp3) is 0.625. The lowest BCUT2D eigenvalue weighted by Gasteiger charge is -2.32. The fourth-order valence-corrected chi connectivity index (χ4v) is 4.51. The predicted octanol–water partition coefficient (Wildman–Crippen LogP) is 1.61. The van der Waals surface area contributed by atoms with Crippen molar-refractivity contribution in [3.05, 3.63) is 29.8 Å². The van der Waals surface area contributed by atoms with Crippen LogP contribution in [-0.4, -0.2) is 55.5 Å². The topological polar surface area (TPSA) is 70.1 Å². The molecule has 0 aliphatic carbocycles. The van der Waals surface area contributed by atoms with Gasteiger partial charge in [-0.3, -0.25) is 0 Å². The number of nitrogens with zero attached hydrogens (tertiary/aromatic N) is 2. The van der Waals surface area contributed by atoms with E-state index in [2.05, 4.69) is 0 Å². The summed E-state index contributed by atoms with van der Waals surface area (Å²) in [6, 6.07) is 7.43. The lowest BCUT2D eigenvalue weighted by atomic mass is 10.2. The molecule has 0 bridgehead atoms. The van der Waals surface area contributed by atoms with Gasteiger partial charge in [-0.1, -0.05) is 24.6 Å². The Hall–Kier alpha value is -1.15. The molecule has 1 aromatic carbocycles. The van der Waals surface area contributed by atoms with E-state index in [1.807, 2.05) is 24.3 Å². The van der Waals surface area contributed by atoms with Gasteiger partial charge in [0.1, 0.15) is 5.75 Å². The molecule has 0 saturated carbocycles. The Kier molecular flexibility index (Phi) is 6.83. The van der Waals surface area contributed by atoms with Crippen molar-refractivity contribution in [3.63, 3.8) is 0 Å².